The molecule has 0 radical (unpaired) electrons. The fourth-order valence-corrected chi connectivity index (χ4v) is 2.60. The first kappa shape index (κ1) is 16.1. The lowest BCUT2D eigenvalue weighted by Crippen LogP contribution is -2.31. The SMILES string of the molecule is CCn1c(=O)c(C(=O)Nc2ccc(F)c(Cl)c2)nc2ccccc21. The topological polar surface area (TPSA) is 64.0 Å². The molecule has 3 rings (SSSR count). The Labute approximate surface area is 141 Å². The molecule has 0 aliphatic carbocycles. The van der Waals surface area contributed by atoms with Crippen LogP contribution in [0.4, 0.5) is 10.1 Å². The predicted octanol–water partition coefficient (Wildman–Crippen LogP) is 3.46. The molecule has 0 saturated heterocycles. The lowest BCUT2D eigenvalue weighted by molar-refractivity contribution is 0.102. The van der Waals surface area contributed by atoms with Crippen LogP contribution in [0.15, 0.2) is 47.3 Å². The van der Waals surface area contributed by atoms with Crippen LogP contribution in [0.2, 0.25) is 5.02 Å². The Morgan fingerprint density at radius 1 is 1.29 bits per heavy atom. The molecule has 0 fully saturated rings. The minimum absolute atomic E-state index is 0.120. The van der Waals surface area contributed by atoms with Crippen molar-refractivity contribution in [2.24, 2.45) is 0 Å². The Hall–Kier alpha value is -2.73. The van der Waals surface area contributed by atoms with Crippen LogP contribution in [-0.2, 0) is 6.54 Å². The van der Waals surface area contributed by atoms with Crippen LogP contribution in [-0.4, -0.2) is 15.5 Å². The molecule has 0 atom stereocenters. The number of carbonyl (C=O) groups excluding carboxylic acids is 1. The van der Waals surface area contributed by atoms with Crippen LogP contribution in [0.3, 0.4) is 0 Å². The number of rotatable bonds is 3. The fraction of sp³-hybridized carbons (Fsp3) is 0.118. The normalized spacial score (nSPS) is 10.8. The summed E-state index contributed by atoms with van der Waals surface area (Å²) >= 11 is 5.69. The van der Waals surface area contributed by atoms with Crippen molar-refractivity contribution in [1.82, 2.24) is 9.55 Å². The van der Waals surface area contributed by atoms with Crippen molar-refractivity contribution >= 4 is 34.2 Å². The number of amides is 1. The molecule has 0 aliphatic rings. The van der Waals surface area contributed by atoms with Gasteiger partial charge in [-0.05, 0) is 37.3 Å². The number of benzene rings is 2. The van der Waals surface area contributed by atoms with Crippen molar-refractivity contribution < 1.29 is 9.18 Å². The molecule has 3 aromatic rings. The highest BCUT2D eigenvalue weighted by molar-refractivity contribution is 6.31. The summed E-state index contributed by atoms with van der Waals surface area (Å²) in [6.07, 6.45) is 0. The summed E-state index contributed by atoms with van der Waals surface area (Å²) in [5, 5.41) is 2.40. The zero-order valence-electron chi connectivity index (χ0n) is 12.7. The van der Waals surface area contributed by atoms with Crippen LogP contribution in [0, 0.1) is 5.82 Å². The van der Waals surface area contributed by atoms with Crippen LogP contribution in [0.5, 0.6) is 0 Å². The third-order valence-corrected chi connectivity index (χ3v) is 3.85. The van der Waals surface area contributed by atoms with Gasteiger partial charge in [-0.2, -0.15) is 0 Å². The summed E-state index contributed by atoms with van der Waals surface area (Å²) in [7, 11) is 0. The van der Waals surface area contributed by atoms with E-state index in [1.807, 2.05) is 6.92 Å². The van der Waals surface area contributed by atoms with Crippen LogP contribution in [0.25, 0.3) is 11.0 Å². The Morgan fingerprint density at radius 2 is 2.04 bits per heavy atom. The van der Waals surface area contributed by atoms with E-state index in [9.17, 15) is 14.0 Å². The number of anilines is 1. The molecule has 1 amide bonds. The minimum atomic E-state index is -0.671. The molecular formula is C17H13ClFN3O2. The molecule has 0 saturated carbocycles. The number of hydrogen-bond donors (Lipinski definition) is 1. The molecule has 24 heavy (non-hydrogen) atoms. The molecule has 0 spiro atoms. The molecule has 1 aromatic heterocycles. The average Bonchev–Trinajstić information content (AvgIpc) is 2.57. The highest BCUT2D eigenvalue weighted by Crippen LogP contribution is 2.19. The van der Waals surface area contributed by atoms with Crippen LogP contribution >= 0.6 is 11.6 Å². The first-order chi connectivity index (χ1) is 11.5. The van der Waals surface area contributed by atoms with Gasteiger partial charge in [0.1, 0.15) is 5.82 Å². The Kier molecular flexibility index (Phi) is 4.31. The van der Waals surface area contributed by atoms with Gasteiger partial charge < -0.3 is 9.88 Å². The van der Waals surface area contributed by atoms with Gasteiger partial charge in [-0.1, -0.05) is 23.7 Å². The Balaban J connectivity index is 2.05. The summed E-state index contributed by atoms with van der Waals surface area (Å²) < 4.78 is 14.7. The van der Waals surface area contributed by atoms with Crippen molar-refractivity contribution in [1.29, 1.82) is 0 Å². The fourth-order valence-electron chi connectivity index (χ4n) is 2.42. The minimum Gasteiger partial charge on any atom is -0.320 e. The number of aromatic nitrogens is 2. The molecule has 122 valence electrons. The van der Waals surface area contributed by atoms with Crippen molar-refractivity contribution in [2.75, 3.05) is 5.32 Å². The number of halogens is 2. The first-order valence-electron chi connectivity index (χ1n) is 7.27. The third kappa shape index (κ3) is 2.88. The van der Waals surface area contributed by atoms with E-state index in [0.717, 1.165) is 6.07 Å². The van der Waals surface area contributed by atoms with Gasteiger partial charge >= 0.3 is 0 Å². The summed E-state index contributed by atoms with van der Waals surface area (Å²) in [6.45, 7) is 2.22. The molecular weight excluding hydrogens is 333 g/mol. The van der Waals surface area contributed by atoms with Crippen LogP contribution in [0.1, 0.15) is 17.4 Å². The van der Waals surface area contributed by atoms with Gasteiger partial charge in [-0.15, -0.1) is 0 Å². The van der Waals surface area contributed by atoms with E-state index in [4.69, 9.17) is 11.6 Å². The second-order valence-electron chi connectivity index (χ2n) is 5.08. The molecule has 2 aromatic carbocycles. The van der Waals surface area contributed by atoms with Gasteiger partial charge in [-0.25, -0.2) is 9.37 Å². The Bertz CT molecular complexity index is 1000. The lowest BCUT2D eigenvalue weighted by atomic mass is 10.2. The van der Waals surface area contributed by atoms with E-state index < -0.39 is 17.3 Å². The molecule has 0 bridgehead atoms. The van der Waals surface area contributed by atoms with E-state index in [2.05, 4.69) is 10.3 Å². The smallest absolute Gasteiger partial charge is 0.282 e. The maximum Gasteiger partial charge on any atom is 0.282 e. The maximum atomic E-state index is 13.2. The standard InChI is InChI=1S/C17H13ClFN3O2/c1-2-22-14-6-4-3-5-13(14)21-15(17(22)24)16(23)20-10-7-8-12(19)11(18)9-10/h3-9H,2H2,1H3,(H,20,23). The van der Waals surface area contributed by atoms with Gasteiger partial charge in [-0.3, -0.25) is 9.59 Å². The highest BCUT2D eigenvalue weighted by atomic mass is 35.5. The van der Waals surface area contributed by atoms with Crippen molar-refractivity contribution in [3.05, 3.63) is 69.4 Å². The zero-order chi connectivity index (χ0) is 17.3. The van der Waals surface area contributed by atoms with E-state index in [-0.39, 0.29) is 16.4 Å². The van der Waals surface area contributed by atoms with E-state index in [1.165, 1.54) is 16.7 Å². The molecule has 1 heterocycles. The van der Waals surface area contributed by atoms with Crippen molar-refractivity contribution in [2.45, 2.75) is 13.5 Å². The van der Waals surface area contributed by atoms with E-state index >= 15 is 0 Å². The number of para-hydroxylation sites is 2. The third-order valence-electron chi connectivity index (χ3n) is 3.56. The summed E-state index contributed by atoms with van der Waals surface area (Å²) in [5.74, 6) is -1.26. The van der Waals surface area contributed by atoms with Crippen molar-refractivity contribution in [3.8, 4) is 0 Å². The Morgan fingerprint density at radius 3 is 2.75 bits per heavy atom. The predicted molar refractivity (Wildman–Crippen MR) is 91.0 cm³/mol. The summed E-state index contributed by atoms with van der Waals surface area (Å²) in [5.41, 5.74) is 0.773. The van der Waals surface area contributed by atoms with Gasteiger partial charge in [0.2, 0.25) is 0 Å². The van der Waals surface area contributed by atoms with Gasteiger partial charge in [0.05, 0.1) is 16.1 Å². The molecule has 7 heteroatoms. The summed E-state index contributed by atoms with van der Waals surface area (Å²) in [6, 6.07) is 10.8. The second kappa shape index (κ2) is 6.41. The zero-order valence-corrected chi connectivity index (χ0v) is 13.5. The maximum absolute atomic E-state index is 13.2. The average molecular weight is 346 g/mol. The van der Waals surface area contributed by atoms with Gasteiger partial charge in [0.25, 0.3) is 11.5 Å². The van der Waals surface area contributed by atoms with Gasteiger partial charge in [0.15, 0.2) is 5.69 Å². The van der Waals surface area contributed by atoms with E-state index in [0.29, 0.717) is 17.6 Å². The second-order valence-corrected chi connectivity index (χ2v) is 5.49. The number of fused-ring (bicyclic) bond motifs is 1. The van der Waals surface area contributed by atoms with Crippen LogP contribution < -0.4 is 10.9 Å². The van der Waals surface area contributed by atoms with E-state index in [1.54, 1.807) is 24.3 Å². The van der Waals surface area contributed by atoms with Gasteiger partial charge in [0, 0.05) is 12.2 Å². The largest absolute Gasteiger partial charge is 0.320 e. The summed E-state index contributed by atoms with van der Waals surface area (Å²) in [4.78, 5) is 29.1. The number of nitrogens with zero attached hydrogens (tertiary/aromatic N) is 2. The quantitative estimate of drug-likeness (QED) is 0.790. The molecule has 1 N–H and O–H groups in total. The number of hydrogen-bond acceptors (Lipinski definition) is 3. The number of aryl methyl sites for hydroxylation is 1. The number of carbonyl (C=O) groups is 1. The molecule has 0 unspecified atom stereocenters. The highest BCUT2D eigenvalue weighted by Gasteiger charge is 2.17. The molecule has 0 aliphatic heterocycles. The number of nitrogens with one attached hydrogen (secondary N) is 1. The monoisotopic (exact) mass is 345 g/mol. The first-order valence-corrected chi connectivity index (χ1v) is 7.65. The molecule has 5 nitrogen and oxygen atoms in total. The lowest BCUT2D eigenvalue weighted by Gasteiger charge is -2.10. The van der Waals surface area contributed by atoms with Crippen molar-refractivity contribution in [3.63, 3.8) is 0 Å².